The first-order valence-corrected chi connectivity index (χ1v) is 37.8. The smallest absolute Gasteiger partial charge is 0.258 e. The highest BCUT2D eigenvalue weighted by atomic mass is 19.1. The maximum Gasteiger partial charge on any atom is 0.258 e. The van der Waals surface area contributed by atoms with Crippen molar-refractivity contribution < 1.29 is 18.0 Å². The molecular formula is C83H87FN22O7. The molecule has 0 spiro atoms. The molecule has 17 heterocycles. The third kappa shape index (κ3) is 16.0. The first-order valence-electron chi connectivity index (χ1n) is 37.8. The lowest BCUT2D eigenvalue weighted by Crippen LogP contribution is -2.54. The molecule has 29 nitrogen and oxygen atoms in total. The van der Waals surface area contributed by atoms with Crippen LogP contribution < -0.4 is 57.2 Å². The fourth-order valence-corrected chi connectivity index (χ4v) is 15.1. The summed E-state index contributed by atoms with van der Waals surface area (Å²) in [6.07, 6.45) is 10.8. The summed E-state index contributed by atoms with van der Waals surface area (Å²) in [5, 5.41) is 11.5. The van der Waals surface area contributed by atoms with Crippen molar-refractivity contribution in [3.8, 4) is 51.0 Å². The molecule has 3 atom stereocenters. The van der Waals surface area contributed by atoms with Crippen molar-refractivity contribution in [1.29, 1.82) is 0 Å². The van der Waals surface area contributed by atoms with Crippen molar-refractivity contribution in [1.82, 2.24) is 87.5 Å². The highest BCUT2D eigenvalue weighted by Crippen LogP contribution is 2.30. The van der Waals surface area contributed by atoms with Crippen LogP contribution in [0.2, 0.25) is 0 Å². The third-order valence-corrected chi connectivity index (χ3v) is 20.9. The number of halogens is 1. The van der Waals surface area contributed by atoms with Gasteiger partial charge >= 0.3 is 0 Å². The van der Waals surface area contributed by atoms with Crippen LogP contribution in [-0.2, 0) is 0 Å². The lowest BCUT2D eigenvalue weighted by molar-refractivity contribution is 0.313. The van der Waals surface area contributed by atoms with E-state index in [0.29, 0.717) is 97.7 Å². The van der Waals surface area contributed by atoms with Gasteiger partial charge in [-0.15, -0.1) is 0 Å². The Balaban J connectivity index is 0.000000114. The van der Waals surface area contributed by atoms with Crippen LogP contribution in [0.4, 0.5) is 27.1 Å². The van der Waals surface area contributed by atoms with E-state index >= 15 is 0 Å². The Kier molecular flexibility index (Phi) is 20.6. The van der Waals surface area contributed by atoms with Gasteiger partial charge in [-0.05, 0) is 134 Å². The van der Waals surface area contributed by atoms with Gasteiger partial charge in [-0.25, -0.2) is 43.8 Å². The highest BCUT2D eigenvalue weighted by Gasteiger charge is 2.25. The fourth-order valence-electron chi connectivity index (χ4n) is 15.1. The normalized spacial score (nSPS) is 17.1. The Labute approximate surface area is 647 Å². The van der Waals surface area contributed by atoms with Gasteiger partial charge in [0.1, 0.15) is 39.3 Å². The predicted molar refractivity (Wildman–Crippen MR) is 436 cm³/mol. The third-order valence-electron chi connectivity index (χ3n) is 20.9. The number of ether oxygens (including phenoxy) is 1. The van der Waals surface area contributed by atoms with Gasteiger partial charge in [0.15, 0.2) is 28.8 Å². The number of nitrogens with zero attached hydrogens (tertiary/aromatic N) is 20. The Bertz CT molecular complexity index is 6360. The molecule has 4 aliphatic rings. The van der Waals surface area contributed by atoms with E-state index in [2.05, 4.69) is 105 Å². The number of methoxy groups -OCH3 is 1. The molecule has 0 amide bonds. The van der Waals surface area contributed by atoms with E-state index in [9.17, 15) is 23.6 Å². The minimum absolute atomic E-state index is 0.0915. The van der Waals surface area contributed by atoms with E-state index in [4.69, 9.17) is 28.5 Å². The molecule has 0 aliphatic carbocycles. The number of piperazine rings is 4. The summed E-state index contributed by atoms with van der Waals surface area (Å²) < 4.78 is 38.1. The van der Waals surface area contributed by atoms with Crippen molar-refractivity contribution in [2.45, 2.75) is 66.6 Å². The van der Waals surface area contributed by atoms with Crippen molar-refractivity contribution in [2.75, 3.05) is 126 Å². The molecule has 19 rings (SSSR count). The van der Waals surface area contributed by atoms with Crippen LogP contribution in [0.15, 0.2) is 187 Å². The number of hydrogen-bond acceptors (Lipinski definition) is 24. The molecule has 4 fully saturated rings. The van der Waals surface area contributed by atoms with Crippen LogP contribution in [0.3, 0.4) is 0 Å². The van der Waals surface area contributed by atoms with Crippen LogP contribution in [0, 0.1) is 33.5 Å². The zero-order valence-electron chi connectivity index (χ0n) is 64.6. The SMILES string of the molecule is COc1ncc(-c2cc(=O)n3cc(N4CCN[C@@H](C)C4)ccc3n2)cc1F.Cc1cn2nc(-c3cc(=O)n4cc(N5CCN(C)CC5)ccc4n3)cc2c(C)n1.Cc1nc2ccc(-c3cc(=O)n4cc(N5CCN(C)CC5)ccc4n3)cc2o1.Cc1nc2ccc(-c3cc(=O)n4cc(N5C[C@@H](C)N[C@@H](C)C5)ccc4n3)cc2o1. The van der Waals surface area contributed by atoms with Crippen LogP contribution in [-0.4, -0.2) is 201 Å². The zero-order valence-corrected chi connectivity index (χ0v) is 64.6. The minimum atomic E-state index is -0.597. The summed E-state index contributed by atoms with van der Waals surface area (Å²) in [6, 6.07) is 37.5. The maximum absolute atomic E-state index is 13.9. The number of nitrogens with one attached hydrogen (secondary N) is 2. The van der Waals surface area contributed by atoms with Crippen molar-refractivity contribution >= 4 is 73.1 Å². The van der Waals surface area contributed by atoms with Crippen molar-refractivity contribution in [3.05, 3.63) is 229 Å². The summed E-state index contributed by atoms with van der Waals surface area (Å²) in [5.74, 6) is 0.550. The van der Waals surface area contributed by atoms with Crippen LogP contribution in [0.1, 0.15) is 43.9 Å². The van der Waals surface area contributed by atoms with E-state index in [0.717, 1.165) is 147 Å². The number of anilines is 4. The minimum Gasteiger partial charge on any atom is -0.479 e. The largest absolute Gasteiger partial charge is 0.479 e. The highest BCUT2D eigenvalue weighted by molar-refractivity contribution is 5.81. The molecule has 2 N–H and O–H groups in total. The van der Waals surface area contributed by atoms with E-state index in [1.54, 1.807) is 48.2 Å². The second-order valence-electron chi connectivity index (χ2n) is 29.5. The predicted octanol–water partition coefficient (Wildman–Crippen LogP) is 9.04. The van der Waals surface area contributed by atoms with Gasteiger partial charge in [0, 0.05) is 189 Å². The molecule has 578 valence electrons. The van der Waals surface area contributed by atoms with Gasteiger partial charge in [0.25, 0.3) is 22.2 Å². The number of aryl methyl sites for hydroxylation is 4. The van der Waals surface area contributed by atoms with E-state index in [-0.39, 0.29) is 28.1 Å². The second-order valence-corrected chi connectivity index (χ2v) is 29.5. The number of fused-ring (bicyclic) bond motifs is 7. The molecule has 0 saturated carbocycles. The van der Waals surface area contributed by atoms with Gasteiger partial charge in [-0.3, -0.25) is 41.8 Å². The maximum atomic E-state index is 13.9. The number of rotatable bonds is 9. The van der Waals surface area contributed by atoms with Gasteiger partial charge in [-0.1, -0.05) is 12.1 Å². The van der Waals surface area contributed by atoms with Crippen LogP contribution in [0.5, 0.6) is 5.88 Å². The number of likely N-dealkylation sites (N-methyl/N-ethyl adjacent to an activating group) is 2. The molecule has 2 aromatic carbocycles. The first-order chi connectivity index (χ1) is 54.5. The number of pyridine rings is 5. The van der Waals surface area contributed by atoms with Gasteiger partial charge in [-0.2, -0.15) is 5.10 Å². The molecule has 13 aromatic heterocycles. The van der Waals surface area contributed by atoms with E-state index in [1.807, 2.05) is 137 Å². The summed E-state index contributed by atoms with van der Waals surface area (Å²) >= 11 is 0. The lowest BCUT2D eigenvalue weighted by atomic mass is 10.1. The van der Waals surface area contributed by atoms with Crippen molar-refractivity contribution in [3.63, 3.8) is 0 Å². The Hall–Kier alpha value is -12.6. The molecule has 30 heteroatoms. The quantitative estimate of drug-likeness (QED) is 0.136. The molecule has 0 unspecified atom stereocenters. The topological polar surface area (TPSA) is 285 Å². The van der Waals surface area contributed by atoms with Gasteiger partial charge in [0.05, 0.1) is 75.7 Å². The summed E-state index contributed by atoms with van der Waals surface area (Å²) in [6.45, 7) is 26.4. The van der Waals surface area contributed by atoms with Gasteiger partial charge < -0.3 is 53.6 Å². The van der Waals surface area contributed by atoms with E-state index in [1.165, 1.54) is 29.8 Å². The average molecular weight is 1520 g/mol. The number of hydrogen-bond donors (Lipinski definition) is 2. The van der Waals surface area contributed by atoms with E-state index < -0.39 is 5.82 Å². The Morgan fingerprint density at radius 2 is 0.876 bits per heavy atom. The standard InChI is InChI=1S/C22H23N5O2.C21H23N7O.C21H21N5O2.C19H20FN5O2/c1-13-10-26(11-14(2)23-13)17-5-7-21-25-19(9-22(28)27(21)12-17)16-4-6-18-20(8-16)29-15(3)24-18;1-14-12-28-19(15(2)22-14)10-18(24-28)17-11-21(29)27-13-16(4-5-20(27)23-17)26-8-6-25(3)7-9-26;1-14-22-17-5-3-15(11-19(17)28-14)18-12-21(27)26-13-16(4-6-20(26)23-18)25-9-7-24(2)8-10-25;1-12-10-24(6-5-21-12)14-3-4-17-23-16(8-18(26)25(17)11-14)13-7-15(20)19(27-2)22-9-13/h4-9,12-14,23H,10-11H2,1-3H3;4-5,10-13H,6-9H2,1-3H3;3-6,11-13H,7-10H2,1-2H3;3-4,7-9,11-12,21H,5-6,10H2,1-2H3/t13-,14+;;;12-/m...0/s1. The molecule has 0 bridgehead atoms. The average Bonchev–Trinajstić information content (AvgIpc) is 1.69. The van der Waals surface area contributed by atoms with Gasteiger partial charge in [0.2, 0.25) is 5.88 Å². The molecule has 15 aromatic rings. The van der Waals surface area contributed by atoms with Crippen LogP contribution >= 0.6 is 0 Å². The summed E-state index contributed by atoms with van der Waals surface area (Å²) in [7, 11) is 5.61. The monoisotopic (exact) mass is 1520 g/mol. The molecule has 113 heavy (non-hydrogen) atoms. The fraction of sp³-hybridized carbons (Fsp3) is 0.313. The summed E-state index contributed by atoms with van der Waals surface area (Å²) in [5.41, 5.74) is 16.6. The molecule has 4 aliphatic heterocycles. The number of oxazole rings is 2. The molecule has 4 saturated heterocycles. The lowest BCUT2D eigenvalue weighted by Gasteiger charge is -2.37. The second kappa shape index (κ2) is 31.3. The Morgan fingerprint density at radius 1 is 0.442 bits per heavy atom. The van der Waals surface area contributed by atoms with Crippen LogP contribution in [0.25, 0.3) is 95.5 Å². The molecule has 0 radical (unpaired) electrons. The molecular weight excluding hydrogens is 1440 g/mol. The number of aromatic nitrogens is 14. The first kappa shape index (κ1) is 74.5. The van der Waals surface area contributed by atoms with Crippen molar-refractivity contribution in [2.24, 2.45) is 0 Å². The zero-order chi connectivity index (χ0) is 78.5. The summed E-state index contributed by atoms with van der Waals surface area (Å²) in [4.78, 5) is 101. The number of benzene rings is 2. The Morgan fingerprint density at radius 3 is 1.34 bits per heavy atom.